The van der Waals surface area contributed by atoms with E-state index in [2.05, 4.69) is 17.1 Å². The number of carboxylic acid groups (broad SMARTS) is 1. The minimum absolute atomic E-state index is 0.122. The molecule has 3 saturated carbocycles. The van der Waals surface area contributed by atoms with Gasteiger partial charge in [0.15, 0.2) is 0 Å². The first-order valence-electron chi connectivity index (χ1n) is 9.27. The van der Waals surface area contributed by atoms with E-state index < -0.39 is 5.97 Å². The van der Waals surface area contributed by atoms with Gasteiger partial charge in [0.2, 0.25) is 0 Å². The second kappa shape index (κ2) is 7.08. The summed E-state index contributed by atoms with van der Waals surface area (Å²) >= 11 is 0. The van der Waals surface area contributed by atoms with Crippen molar-refractivity contribution in [2.75, 3.05) is 20.2 Å². The predicted molar refractivity (Wildman–Crippen MR) is 89.5 cm³/mol. The third-order valence-electron chi connectivity index (χ3n) is 6.05. The first-order chi connectivity index (χ1) is 11.0. The largest absolute Gasteiger partial charge is 0.480 e. The van der Waals surface area contributed by atoms with Crippen LogP contribution in [0.3, 0.4) is 0 Å². The van der Waals surface area contributed by atoms with Crippen molar-refractivity contribution < 1.29 is 14.6 Å². The van der Waals surface area contributed by atoms with Crippen LogP contribution >= 0.6 is 0 Å². The quantitative estimate of drug-likeness (QED) is 0.645. The van der Waals surface area contributed by atoms with Crippen LogP contribution in [-0.2, 0) is 9.53 Å². The highest BCUT2D eigenvalue weighted by molar-refractivity contribution is 5.69. The molecule has 0 bridgehead atoms. The Hall–Kier alpha value is -0.650. The van der Waals surface area contributed by atoms with Gasteiger partial charge in [0.1, 0.15) is 0 Å². The minimum atomic E-state index is -0.692. The van der Waals surface area contributed by atoms with E-state index in [4.69, 9.17) is 9.84 Å². The Bertz CT molecular complexity index is 409. The van der Waals surface area contributed by atoms with Crippen molar-refractivity contribution in [3.05, 3.63) is 0 Å². The fourth-order valence-electron chi connectivity index (χ4n) is 4.25. The van der Waals surface area contributed by atoms with Crippen LogP contribution in [0.25, 0.3) is 0 Å². The third kappa shape index (κ3) is 4.46. The number of hydrogen-bond donors (Lipinski definition) is 2. The van der Waals surface area contributed by atoms with Gasteiger partial charge in [-0.1, -0.05) is 0 Å². The van der Waals surface area contributed by atoms with Gasteiger partial charge >= 0.3 is 5.97 Å². The van der Waals surface area contributed by atoms with Gasteiger partial charge in [-0.15, -0.1) is 0 Å². The number of nitrogens with zero attached hydrogens (tertiary/aromatic N) is 1. The molecule has 3 aliphatic rings. The fraction of sp³-hybridized carbons (Fsp3) is 0.944. The molecule has 2 N–H and O–H groups in total. The smallest absolute Gasteiger partial charge is 0.317 e. The van der Waals surface area contributed by atoms with Crippen LogP contribution in [0.1, 0.15) is 58.3 Å². The molecule has 0 aromatic heterocycles. The number of ether oxygens (including phenoxy) is 1. The van der Waals surface area contributed by atoms with Crippen LogP contribution in [0, 0.1) is 5.92 Å². The van der Waals surface area contributed by atoms with Gasteiger partial charge in [0.05, 0.1) is 12.1 Å². The highest BCUT2D eigenvalue weighted by Crippen LogP contribution is 2.39. The summed E-state index contributed by atoms with van der Waals surface area (Å²) in [4.78, 5) is 13.3. The number of aliphatic carboxylic acids is 1. The summed E-state index contributed by atoms with van der Waals surface area (Å²) in [5.74, 6) is 0.0582. The molecule has 5 heteroatoms. The Morgan fingerprint density at radius 1 is 1.39 bits per heavy atom. The second-order valence-electron chi connectivity index (χ2n) is 8.10. The molecule has 0 saturated heterocycles. The van der Waals surface area contributed by atoms with E-state index in [-0.39, 0.29) is 12.1 Å². The average molecular weight is 324 g/mol. The van der Waals surface area contributed by atoms with Gasteiger partial charge in [0, 0.05) is 31.8 Å². The zero-order valence-corrected chi connectivity index (χ0v) is 14.6. The summed E-state index contributed by atoms with van der Waals surface area (Å²) in [5.41, 5.74) is 0.122. The minimum Gasteiger partial charge on any atom is -0.480 e. The van der Waals surface area contributed by atoms with Gasteiger partial charge in [-0.3, -0.25) is 9.69 Å². The maximum atomic E-state index is 11.1. The maximum Gasteiger partial charge on any atom is 0.317 e. The van der Waals surface area contributed by atoms with Crippen LogP contribution in [0.4, 0.5) is 0 Å². The summed E-state index contributed by atoms with van der Waals surface area (Å²) < 4.78 is 5.72. The molecule has 3 aliphatic carbocycles. The van der Waals surface area contributed by atoms with Gasteiger partial charge in [0.25, 0.3) is 0 Å². The highest BCUT2D eigenvalue weighted by Gasteiger charge is 2.40. The molecular weight excluding hydrogens is 292 g/mol. The van der Waals surface area contributed by atoms with Crippen LogP contribution in [0.15, 0.2) is 0 Å². The number of nitrogens with one attached hydrogen (secondary N) is 1. The SMILES string of the molecule is COC1(CC(C)NC2CC(N(CC(=O)O)CC3CC3)C2)CCC1. The van der Waals surface area contributed by atoms with E-state index in [1.165, 1.54) is 32.1 Å². The lowest BCUT2D eigenvalue weighted by Gasteiger charge is -2.46. The maximum absolute atomic E-state index is 11.1. The van der Waals surface area contributed by atoms with Gasteiger partial charge in [-0.05, 0) is 64.2 Å². The second-order valence-corrected chi connectivity index (χ2v) is 8.10. The van der Waals surface area contributed by atoms with Gasteiger partial charge < -0.3 is 15.2 Å². The molecule has 3 fully saturated rings. The normalized spacial score (nSPS) is 30.6. The van der Waals surface area contributed by atoms with Gasteiger partial charge in [-0.25, -0.2) is 0 Å². The lowest BCUT2D eigenvalue weighted by atomic mass is 9.75. The molecule has 132 valence electrons. The zero-order valence-electron chi connectivity index (χ0n) is 14.6. The number of rotatable bonds is 10. The molecule has 0 aliphatic heterocycles. The Morgan fingerprint density at radius 3 is 2.57 bits per heavy atom. The van der Waals surface area contributed by atoms with Crippen LogP contribution in [0.2, 0.25) is 0 Å². The molecule has 0 amide bonds. The lowest BCUT2D eigenvalue weighted by Crippen LogP contribution is -2.57. The van der Waals surface area contributed by atoms with Crippen molar-refractivity contribution in [2.24, 2.45) is 5.92 Å². The van der Waals surface area contributed by atoms with Crippen molar-refractivity contribution in [2.45, 2.75) is 82.0 Å². The standard InChI is InChI=1S/C18H32N2O3/c1-13(10-18(23-2)6-3-7-18)19-15-8-16(9-15)20(12-17(21)22)11-14-4-5-14/h13-16,19H,3-12H2,1-2H3,(H,21,22). The lowest BCUT2D eigenvalue weighted by molar-refractivity contribution is -0.139. The number of hydrogen-bond acceptors (Lipinski definition) is 4. The molecule has 0 radical (unpaired) electrons. The van der Waals surface area contributed by atoms with E-state index in [1.807, 2.05) is 7.11 Å². The Morgan fingerprint density at radius 2 is 2.09 bits per heavy atom. The summed E-state index contributed by atoms with van der Waals surface area (Å²) in [6, 6.07) is 1.47. The molecule has 3 rings (SSSR count). The van der Waals surface area contributed by atoms with Crippen molar-refractivity contribution >= 4 is 5.97 Å². The molecule has 0 heterocycles. The van der Waals surface area contributed by atoms with E-state index in [1.54, 1.807) is 0 Å². The first-order valence-corrected chi connectivity index (χ1v) is 9.27. The average Bonchev–Trinajstić information content (AvgIpc) is 3.20. The van der Waals surface area contributed by atoms with Crippen LogP contribution in [0.5, 0.6) is 0 Å². The Kier molecular flexibility index (Phi) is 5.29. The summed E-state index contributed by atoms with van der Waals surface area (Å²) in [7, 11) is 1.84. The first kappa shape index (κ1) is 17.2. The zero-order chi connectivity index (χ0) is 16.4. The van der Waals surface area contributed by atoms with Gasteiger partial charge in [-0.2, -0.15) is 0 Å². The summed E-state index contributed by atoms with van der Waals surface area (Å²) in [6.45, 7) is 3.44. The molecule has 0 spiro atoms. The molecule has 1 unspecified atom stereocenters. The van der Waals surface area contributed by atoms with Crippen molar-refractivity contribution in [1.29, 1.82) is 0 Å². The van der Waals surface area contributed by atoms with Crippen LogP contribution < -0.4 is 5.32 Å². The topological polar surface area (TPSA) is 61.8 Å². The Balaban J connectivity index is 1.39. The fourth-order valence-corrected chi connectivity index (χ4v) is 4.25. The molecule has 0 aromatic rings. The van der Waals surface area contributed by atoms with E-state index in [0.717, 1.165) is 31.7 Å². The van der Waals surface area contributed by atoms with E-state index in [0.29, 0.717) is 18.1 Å². The van der Waals surface area contributed by atoms with Crippen LogP contribution in [-0.4, -0.2) is 59.9 Å². The van der Waals surface area contributed by atoms with E-state index in [9.17, 15) is 4.79 Å². The molecule has 1 atom stereocenters. The molecule has 0 aromatic carbocycles. The summed E-state index contributed by atoms with van der Waals surface area (Å²) in [5, 5.41) is 12.8. The predicted octanol–water partition coefficient (Wildman–Crippen LogP) is 2.25. The van der Waals surface area contributed by atoms with Crippen molar-refractivity contribution in [1.82, 2.24) is 10.2 Å². The van der Waals surface area contributed by atoms with E-state index >= 15 is 0 Å². The molecular formula is C18H32N2O3. The monoisotopic (exact) mass is 324 g/mol. The molecule has 23 heavy (non-hydrogen) atoms. The van der Waals surface area contributed by atoms with Crippen molar-refractivity contribution in [3.8, 4) is 0 Å². The summed E-state index contributed by atoms with van der Waals surface area (Å²) in [6.07, 6.45) is 9.49. The van der Waals surface area contributed by atoms with Crippen molar-refractivity contribution in [3.63, 3.8) is 0 Å². The number of methoxy groups -OCH3 is 1. The highest BCUT2D eigenvalue weighted by atomic mass is 16.5. The Labute approximate surface area is 139 Å². The number of carboxylic acids is 1. The molecule has 5 nitrogen and oxygen atoms in total. The number of carbonyl (C=O) groups is 1. The third-order valence-corrected chi connectivity index (χ3v) is 6.05.